The molecule has 2 heterocycles. The number of benzene rings is 1. The van der Waals surface area contributed by atoms with Crippen molar-refractivity contribution in [3.05, 3.63) is 59.1 Å². The zero-order chi connectivity index (χ0) is 19.8. The second kappa shape index (κ2) is 7.03. The molecular weight excluding hydrogens is 368 g/mol. The molecule has 3 rings (SSSR count). The first-order valence-corrected chi connectivity index (χ1v) is 10.1. The van der Waals surface area contributed by atoms with Gasteiger partial charge in [-0.1, -0.05) is 5.16 Å². The van der Waals surface area contributed by atoms with Crippen LogP contribution in [0, 0.1) is 20.8 Å². The van der Waals surface area contributed by atoms with Crippen LogP contribution in [0.25, 0.3) is 5.82 Å². The number of rotatable bonds is 6. The number of carbonyl (C=O) groups excluding carboxylic acids is 1. The average molecular weight is 388 g/mol. The van der Waals surface area contributed by atoms with E-state index in [1.807, 2.05) is 18.4 Å². The summed E-state index contributed by atoms with van der Waals surface area (Å²) in [5.41, 5.74) is 2.16. The molecule has 0 N–H and O–H groups in total. The summed E-state index contributed by atoms with van der Waals surface area (Å²) in [7, 11) is -3.26. The lowest BCUT2D eigenvalue weighted by Gasteiger charge is -2.07. The van der Waals surface area contributed by atoms with Crippen LogP contribution in [0.3, 0.4) is 0 Å². The van der Waals surface area contributed by atoms with E-state index < -0.39 is 9.84 Å². The molecule has 7 nitrogen and oxygen atoms in total. The molecule has 0 aliphatic heterocycles. The Morgan fingerprint density at radius 3 is 2.37 bits per heavy atom. The van der Waals surface area contributed by atoms with Gasteiger partial charge in [-0.05, 0) is 51.1 Å². The second-order valence-corrected chi connectivity index (χ2v) is 8.39. The summed E-state index contributed by atoms with van der Waals surface area (Å²) in [6.45, 7) is 5.38. The number of aromatic nitrogens is 2. The van der Waals surface area contributed by atoms with Crippen LogP contribution in [0.15, 0.2) is 45.8 Å². The van der Waals surface area contributed by atoms with Crippen LogP contribution in [0.4, 0.5) is 0 Å². The van der Waals surface area contributed by atoms with Gasteiger partial charge >= 0.3 is 0 Å². The largest absolute Gasteiger partial charge is 0.485 e. The number of nitrogens with zero attached hydrogens (tertiary/aromatic N) is 2. The third kappa shape index (κ3) is 3.95. The summed E-state index contributed by atoms with van der Waals surface area (Å²) >= 11 is 0. The molecule has 8 heteroatoms. The van der Waals surface area contributed by atoms with E-state index in [1.54, 1.807) is 19.1 Å². The molecule has 0 spiro atoms. The van der Waals surface area contributed by atoms with Crippen LogP contribution >= 0.6 is 0 Å². The number of hydrogen-bond donors (Lipinski definition) is 0. The Morgan fingerprint density at radius 1 is 1.15 bits per heavy atom. The lowest BCUT2D eigenvalue weighted by atomic mass is 10.1. The number of ether oxygens (including phenoxy) is 1. The Bertz CT molecular complexity index is 1090. The molecule has 0 saturated carbocycles. The van der Waals surface area contributed by atoms with Crippen molar-refractivity contribution < 1.29 is 22.5 Å². The Balaban J connectivity index is 1.75. The second-order valence-electron chi connectivity index (χ2n) is 6.37. The fourth-order valence-electron chi connectivity index (χ4n) is 2.87. The smallest absolute Gasteiger partial charge is 0.202 e. The van der Waals surface area contributed by atoms with Gasteiger partial charge in [0.2, 0.25) is 5.78 Å². The number of ketones is 1. The average Bonchev–Trinajstić information content (AvgIpc) is 3.15. The molecule has 1 aromatic carbocycles. The van der Waals surface area contributed by atoms with E-state index in [4.69, 9.17) is 9.26 Å². The Kier molecular flexibility index (Phi) is 4.93. The minimum absolute atomic E-state index is 0.152. The lowest BCUT2D eigenvalue weighted by Crippen LogP contribution is -2.13. The number of Topliss-reactive ketones (excluding diaryl/α,β-unsaturated/α-hetero) is 1. The van der Waals surface area contributed by atoms with Gasteiger partial charge in [0.05, 0.1) is 4.90 Å². The normalized spacial score (nSPS) is 11.6. The molecule has 0 aliphatic carbocycles. The van der Waals surface area contributed by atoms with Crippen molar-refractivity contribution in [2.24, 2.45) is 0 Å². The van der Waals surface area contributed by atoms with Gasteiger partial charge < -0.3 is 9.26 Å². The first-order chi connectivity index (χ1) is 12.7. The minimum Gasteiger partial charge on any atom is -0.485 e. The van der Waals surface area contributed by atoms with Crippen molar-refractivity contribution in [3.8, 4) is 11.6 Å². The van der Waals surface area contributed by atoms with Crippen LogP contribution in [0.2, 0.25) is 0 Å². The number of carbonyl (C=O) groups is 1. The molecular formula is C19H20N2O5S. The van der Waals surface area contributed by atoms with Crippen LogP contribution in [-0.4, -0.2) is 36.8 Å². The monoisotopic (exact) mass is 388 g/mol. The van der Waals surface area contributed by atoms with E-state index in [-0.39, 0.29) is 17.3 Å². The first kappa shape index (κ1) is 18.9. The molecule has 2 aromatic heterocycles. The van der Waals surface area contributed by atoms with Crippen molar-refractivity contribution in [1.29, 1.82) is 0 Å². The van der Waals surface area contributed by atoms with Gasteiger partial charge in [0.1, 0.15) is 11.5 Å². The molecule has 0 amide bonds. The highest BCUT2D eigenvalue weighted by molar-refractivity contribution is 7.90. The topological polar surface area (TPSA) is 91.4 Å². The summed E-state index contributed by atoms with van der Waals surface area (Å²) in [6, 6.07) is 9.56. The van der Waals surface area contributed by atoms with E-state index in [0.717, 1.165) is 17.6 Å². The molecule has 142 valence electrons. The van der Waals surface area contributed by atoms with Crippen molar-refractivity contribution in [3.63, 3.8) is 0 Å². The zero-order valence-electron chi connectivity index (χ0n) is 15.5. The predicted molar refractivity (Wildman–Crippen MR) is 99.4 cm³/mol. The summed E-state index contributed by atoms with van der Waals surface area (Å²) in [5.74, 6) is 1.56. The van der Waals surface area contributed by atoms with E-state index >= 15 is 0 Å². The Labute approximate surface area is 157 Å². The highest BCUT2D eigenvalue weighted by Crippen LogP contribution is 2.22. The van der Waals surface area contributed by atoms with Gasteiger partial charge in [0.15, 0.2) is 22.3 Å². The SMILES string of the molecule is Cc1cc(-n2c(C)cc(C(=O)COc3ccc(S(C)(=O)=O)cc3)c2C)no1. The molecule has 0 unspecified atom stereocenters. The van der Waals surface area contributed by atoms with E-state index in [9.17, 15) is 13.2 Å². The number of sulfone groups is 1. The van der Waals surface area contributed by atoms with Gasteiger partial charge in [0.25, 0.3) is 0 Å². The van der Waals surface area contributed by atoms with Gasteiger partial charge in [-0.2, -0.15) is 0 Å². The summed E-state index contributed by atoms with van der Waals surface area (Å²) in [5, 5.41) is 4.00. The predicted octanol–water partition coefficient (Wildman–Crippen LogP) is 3.06. The van der Waals surface area contributed by atoms with Crippen molar-refractivity contribution in [2.75, 3.05) is 12.9 Å². The van der Waals surface area contributed by atoms with E-state index in [1.165, 1.54) is 24.3 Å². The summed E-state index contributed by atoms with van der Waals surface area (Å²) < 4.78 is 35.4. The Hall–Kier alpha value is -2.87. The highest BCUT2D eigenvalue weighted by atomic mass is 32.2. The highest BCUT2D eigenvalue weighted by Gasteiger charge is 2.19. The van der Waals surface area contributed by atoms with Gasteiger partial charge in [0, 0.05) is 29.3 Å². The van der Waals surface area contributed by atoms with Crippen molar-refractivity contribution in [1.82, 2.24) is 9.72 Å². The molecule has 3 aromatic rings. The van der Waals surface area contributed by atoms with Gasteiger partial charge in [-0.15, -0.1) is 0 Å². The van der Waals surface area contributed by atoms with Crippen LogP contribution in [0.1, 0.15) is 27.5 Å². The number of aryl methyl sites for hydroxylation is 2. The molecule has 0 bridgehead atoms. The summed E-state index contributed by atoms with van der Waals surface area (Å²) in [4.78, 5) is 12.8. The van der Waals surface area contributed by atoms with Crippen LogP contribution < -0.4 is 4.74 Å². The fourth-order valence-corrected chi connectivity index (χ4v) is 3.50. The maximum atomic E-state index is 12.6. The number of hydrogen-bond acceptors (Lipinski definition) is 6. The van der Waals surface area contributed by atoms with Crippen LogP contribution in [-0.2, 0) is 9.84 Å². The maximum absolute atomic E-state index is 12.6. The maximum Gasteiger partial charge on any atom is 0.202 e. The quantitative estimate of drug-likeness (QED) is 0.603. The first-order valence-electron chi connectivity index (χ1n) is 8.25. The fraction of sp³-hybridized carbons (Fsp3) is 0.263. The van der Waals surface area contributed by atoms with Gasteiger partial charge in [-0.25, -0.2) is 8.42 Å². The van der Waals surface area contributed by atoms with Gasteiger partial charge in [-0.3, -0.25) is 9.36 Å². The van der Waals surface area contributed by atoms with Crippen molar-refractivity contribution >= 4 is 15.6 Å². The third-order valence-corrected chi connectivity index (χ3v) is 5.33. The van der Waals surface area contributed by atoms with E-state index in [2.05, 4.69) is 5.16 Å². The summed E-state index contributed by atoms with van der Waals surface area (Å²) in [6.07, 6.45) is 1.14. The molecule has 0 aliphatic rings. The molecule has 0 atom stereocenters. The Morgan fingerprint density at radius 2 is 1.81 bits per heavy atom. The third-order valence-electron chi connectivity index (χ3n) is 4.20. The standard InChI is InChI=1S/C19H20N2O5S/c1-12-9-17(14(3)21(12)19-10-13(2)26-20-19)18(22)11-25-15-5-7-16(8-6-15)27(4,23)24/h5-10H,11H2,1-4H3. The van der Waals surface area contributed by atoms with E-state index in [0.29, 0.717) is 22.9 Å². The molecule has 27 heavy (non-hydrogen) atoms. The van der Waals surface area contributed by atoms with Crippen molar-refractivity contribution in [2.45, 2.75) is 25.7 Å². The minimum atomic E-state index is -3.26. The molecule has 0 saturated heterocycles. The molecule has 0 radical (unpaired) electrons. The zero-order valence-corrected chi connectivity index (χ0v) is 16.3. The lowest BCUT2D eigenvalue weighted by molar-refractivity contribution is 0.0921. The van der Waals surface area contributed by atoms with Crippen LogP contribution in [0.5, 0.6) is 5.75 Å². The molecule has 0 fully saturated rings.